The maximum absolute atomic E-state index is 6.65. The van der Waals surface area contributed by atoms with Crippen LogP contribution >= 0.6 is 0 Å². The summed E-state index contributed by atoms with van der Waals surface area (Å²) in [7, 11) is 0. The summed E-state index contributed by atoms with van der Waals surface area (Å²) in [5.41, 5.74) is 14.0. The molecule has 0 saturated heterocycles. The minimum absolute atomic E-state index is 0.114. The molecular formula is C36H17BN2O. The van der Waals surface area contributed by atoms with Gasteiger partial charge in [-0.05, 0) is 34.7 Å². The summed E-state index contributed by atoms with van der Waals surface area (Å²) < 4.78 is 11.9. The Bertz CT molecular complexity index is 2830. The van der Waals surface area contributed by atoms with Gasteiger partial charge < -0.3 is 13.3 Å². The second-order valence-corrected chi connectivity index (χ2v) is 11.6. The van der Waals surface area contributed by atoms with Crippen LogP contribution in [0, 0.1) is 0 Å². The van der Waals surface area contributed by atoms with Crippen LogP contribution in [0.2, 0.25) is 0 Å². The summed E-state index contributed by atoms with van der Waals surface area (Å²) in [5, 5.41) is 10.2. The maximum atomic E-state index is 6.65. The molecule has 0 N–H and O–H groups in total. The zero-order valence-corrected chi connectivity index (χ0v) is 21.2. The maximum Gasteiger partial charge on any atom is 0.333 e. The van der Waals surface area contributed by atoms with Crippen LogP contribution in [0.5, 0.6) is 0 Å². The number of furan rings is 1. The molecule has 0 aliphatic carbocycles. The molecule has 2 aliphatic rings. The molecule has 0 radical (unpaired) electrons. The molecule has 3 nitrogen and oxygen atoms in total. The second kappa shape index (κ2) is 5.85. The van der Waals surface area contributed by atoms with Crippen LogP contribution in [0.15, 0.2) is 108 Å². The van der Waals surface area contributed by atoms with Gasteiger partial charge in [-0.1, -0.05) is 84.9 Å². The van der Waals surface area contributed by atoms with Gasteiger partial charge in [0.15, 0.2) is 0 Å². The van der Waals surface area contributed by atoms with Crippen LogP contribution in [0.1, 0.15) is 0 Å². The molecule has 12 rings (SSSR count). The van der Waals surface area contributed by atoms with E-state index in [-0.39, 0.29) is 6.85 Å². The van der Waals surface area contributed by atoms with E-state index in [1.54, 1.807) is 0 Å². The van der Waals surface area contributed by atoms with E-state index in [1.165, 1.54) is 92.7 Å². The molecule has 0 atom stereocenters. The van der Waals surface area contributed by atoms with Crippen molar-refractivity contribution < 1.29 is 4.42 Å². The van der Waals surface area contributed by atoms with Gasteiger partial charge in [0.05, 0.1) is 21.9 Å². The normalized spacial score (nSPS) is 13.9. The van der Waals surface area contributed by atoms with E-state index in [0.717, 1.165) is 11.2 Å². The first kappa shape index (κ1) is 18.9. The minimum Gasteiger partial charge on any atom is -0.455 e. The summed E-state index contributed by atoms with van der Waals surface area (Å²) in [6.07, 6.45) is 0. The van der Waals surface area contributed by atoms with Crippen LogP contribution in [0.3, 0.4) is 0 Å². The molecule has 0 amide bonds. The third-order valence-electron chi connectivity index (χ3n) is 10.0. The molecule has 0 unspecified atom stereocenters. The first-order chi connectivity index (χ1) is 19.9. The van der Waals surface area contributed by atoms with Gasteiger partial charge in [0.2, 0.25) is 0 Å². The molecule has 0 spiro atoms. The number of hydrogen-bond donors (Lipinski definition) is 0. The number of aromatic nitrogens is 2. The number of fused-ring (bicyclic) bond motifs is 12. The Hall–Kier alpha value is -5.22. The Labute approximate surface area is 226 Å². The standard InChI is InChI=1S/C36H17BN2O/c1-3-13-28-18(7-1)21-9-5-10-22-20-15-16-24-30-34-25(17-26-19-8-2-4-14-29(19)40-36(26)30)23-11-6-12-27-33(23)38(34)35(24)31(20)37(27)39(28)32(21)22/h1-17H. The van der Waals surface area contributed by atoms with Gasteiger partial charge in [-0.25, -0.2) is 0 Å². The van der Waals surface area contributed by atoms with E-state index in [9.17, 15) is 0 Å². The highest BCUT2D eigenvalue weighted by Crippen LogP contribution is 2.48. The van der Waals surface area contributed by atoms with Crippen molar-refractivity contribution in [2.75, 3.05) is 0 Å². The number of para-hydroxylation sites is 4. The monoisotopic (exact) mass is 504 g/mol. The van der Waals surface area contributed by atoms with Crippen LogP contribution < -0.4 is 10.9 Å². The lowest BCUT2D eigenvalue weighted by molar-refractivity contribution is 0.673. The Morgan fingerprint density at radius 1 is 0.525 bits per heavy atom. The summed E-state index contributed by atoms with van der Waals surface area (Å²) >= 11 is 0. The van der Waals surface area contributed by atoms with E-state index in [2.05, 4.69) is 112 Å². The molecule has 4 aromatic heterocycles. The fourth-order valence-corrected chi connectivity index (χ4v) is 8.64. The highest BCUT2D eigenvalue weighted by molar-refractivity contribution is 6.91. The quantitative estimate of drug-likeness (QED) is 0.193. The summed E-state index contributed by atoms with van der Waals surface area (Å²) in [6.45, 7) is 0.114. The van der Waals surface area contributed by atoms with Crippen molar-refractivity contribution in [1.29, 1.82) is 0 Å². The number of nitrogens with zero attached hydrogens (tertiary/aromatic N) is 2. The zero-order valence-electron chi connectivity index (χ0n) is 21.2. The summed E-state index contributed by atoms with van der Waals surface area (Å²) in [6, 6.07) is 38.3. The number of rotatable bonds is 0. The lowest BCUT2D eigenvalue weighted by atomic mass is 9.46. The highest BCUT2D eigenvalue weighted by atomic mass is 16.3. The molecule has 180 valence electrons. The van der Waals surface area contributed by atoms with E-state index in [0.29, 0.717) is 0 Å². The highest BCUT2D eigenvalue weighted by Gasteiger charge is 2.41. The van der Waals surface area contributed by atoms with Crippen LogP contribution in [-0.2, 0) is 0 Å². The topological polar surface area (TPSA) is 22.5 Å². The van der Waals surface area contributed by atoms with Crippen molar-refractivity contribution in [2.24, 2.45) is 0 Å². The van der Waals surface area contributed by atoms with E-state index in [4.69, 9.17) is 4.42 Å². The molecular weight excluding hydrogens is 487 g/mol. The molecule has 10 aromatic rings. The molecule has 6 aromatic carbocycles. The van der Waals surface area contributed by atoms with E-state index >= 15 is 0 Å². The van der Waals surface area contributed by atoms with Gasteiger partial charge in [0.1, 0.15) is 11.2 Å². The second-order valence-electron chi connectivity index (χ2n) is 11.6. The Kier molecular flexibility index (Phi) is 2.77. The van der Waals surface area contributed by atoms with Crippen molar-refractivity contribution in [3.63, 3.8) is 0 Å². The van der Waals surface area contributed by atoms with Gasteiger partial charge >= 0.3 is 6.85 Å². The van der Waals surface area contributed by atoms with E-state index in [1.807, 2.05) is 0 Å². The zero-order chi connectivity index (χ0) is 25.4. The van der Waals surface area contributed by atoms with Crippen LogP contribution in [0.4, 0.5) is 0 Å². The SMILES string of the molecule is c1ccc2c(c1)oc1c2cc2c3cccc4c3n3c5c6c(ccc5c1c23)-c1cccc2c3ccccc3n(c12)B46. The fourth-order valence-electron chi connectivity index (χ4n) is 8.64. The van der Waals surface area contributed by atoms with Crippen molar-refractivity contribution in [3.05, 3.63) is 103 Å². The van der Waals surface area contributed by atoms with Crippen LogP contribution in [0.25, 0.3) is 93.0 Å². The molecule has 40 heavy (non-hydrogen) atoms. The molecule has 0 saturated carbocycles. The molecule has 0 bridgehead atoms. The summed E-state index contributed by atoms with van der Waals surface area (Å²) in [4.78, 5) is 0. The van der Waals surface area contributed by atoms with Crippen molar-refractivity contribution in [2.45, 2.75) is 0 Å². The predicted octanol–water partition coefficient (Wildman–Crippen LogP) is 7.79. The molecule has 2 aliphatic heterocycles. The predicted molar refractivity (Wildman–Crippen MR) is 167 cm³/mol. The third kappa shape index (κ3) is 1.74. The molecule has 6 heterocycles. The van der Waals surface area contributed by atoms with Crippen molar-refractivity contribution in [1.82, 2.24) is 8.88 Å². The minimum atomic E-state index is 0.114. The smallest absolute Gasteiger partial charge is 0.333 e. The first-order valence-electron chi connectivity index (χ1n) is 14.0. The first-order valence-corrected chi connectivity index (χ1v) is 14.0. The average Bonchev–Trinajstić information content (AvgIpc) is 3.73. The summed E-state index contributed by atoms with van der Waals surface area (Å²) in [5.74, 6) is 0. The van der Waals surface area contributed by atoms with Gasteiger partial charge in [-0.3, -0.25) is 0 Å². The molecule has 0 fully saturated rings. The Morgan fingerprint density at radius 3 is 2.27 bits per heavy atom. The largest absolute Gasteiger partial charge is 0.455 e. The van der Waals surface area contributed by atoms with Crippen molar-refractivity contribution >= 4 is 99.6 Å². The molecule has 4 heteroatoms. The van der Waals surface area contributed by atoms with E-state index < -0.39 is 0 Å². The number of hydrogen-bond acceptors (Lipinski definition) is 1. The van der Waals surface area contributed by atoms with Gasteiger partial charge in [0, 0.05) is 54.3 Å². The van der Waals surface area contributed by atoms with Gasteiger partial charge in [-0.15, -0.1) is 0 Å². The Balaban J connectivity index is 1.42. The average molecular weight is 504 g/mol. The number of benzene rings is 6. The fraction of sp³-hybridized carbons (Fsp3) is 0. The van der Waals surface area contributed by atoms with Crippen LogP contribution in [-0.4, -0.2) is 15.7 Å². The lowest BCUT2D eigenvalue weighted by Gasteiger charge is -2.31. The van der Waals surface area contributed by atoms with Gasteiger partial charge in [-0.2, -0.15) is 0 Å². The van der Waals surface area contributed by atoms with Gasteiger partial charge in [0.25, 0.3) is 0 Å². The third-order valence-corrected chi connectivity index (χ3v) is 10.0. The Morgan fingerprint density at radius 2 is 1.32 bits per heavy atom. The lowest BCUT2D eigenvalue weighted by Crippen LogP contribution is -2.53. The van der Waals surface area contributed by atoms with Crippen molar-refractivity contribution in [3.8, 4) is 11.1 Å².